The fourth-order valence-electron chi connectivity index (χ4n) is 4.32. The summed E-state index contributed by atoms with van der Waals surface area (Å²) in [5.74, 6) is -2.12. The van der Waals surface area contributed by atoms with Gasteiger partial charge < -0.3 is 21.3 Å². The van der Waals surface area contributed by atoms with Gasteiger partial charge in [-0.05, 0) is 31.7 Å². The lowest BCUT2D eigenvalue weighted by Crippen LogP contribution is -2.58. The molecule has 1 aromatic rings. The van der Waals surface area contributed by atoms with E-state index < -0.39 is 23.9 Å². The highest BCUT2D eigenvalue weighted by molar-refractivity contribution is 6.02. The van der Waals surface area contributed by atoms with Gasteiger partial charge >= 0.3 is 0 Å². The van der Waals surface area contributed by atoms with Gasteiger partial charge in [0.1, 0.15) is 17.7 Å². The SMILES string of the molecule is CCCCC1C(=O)NC(CCCCC(=N)N)CN(CC(C)=O)C(=O)C(Cc2ccccc2)NC1=O. The second kappa shape index (κ2) is 14.2. The molecule has 5 N–H and O–H groups in total. The van der Waals surface area contributed by atoms with Crippen molar-refractivity contribution >= 4 is 29.3 Å². The maximum atomic E-state index is 13.6. The van der Waals surface area contributed by atoms with Gasteiger partial charge in [0.2, 0.25) is 17.7 Å². The molecule has 1 heterocycles. The summed E-state index contributed by atoms with van der Waals surface area (Å²) in [5.41, 5.74) is 6.33. The van der Waals surface area contributed by atoms with E-state index in [2.05, 4.69) is 10.6 Å². The van der Waals surface area contributed by atoms with E-state index in [1.807, 2.05) is 37.3 Å². The number of nitrogens with one attached hydrogen (secondary N) is 3. The number of amidine groups is 1. The molecular formula is C26H39N5O4. The molecule has 3 atom stereocenters. The average Bonchev–Trinajstić information content (AvgIpc) is 2.80. The highest BCUT2D eigenvalue weighted by Gasteiger charge is 2.35. The zero-order chi connectivity index (χ0) is 25.8. The first-order valence-corrected chi connectivity index (χ1v) is 12.5. The van der Waals surface area contributed by atoms with Crippen LogP contribution >= 0.6 is 0 Å². The highest BCUT2D eigenvalue weighted by atomic mass is 16.2. The first kappa shape index (κ1) is 28.0. The molecule has 1 fully saturated rings. The van der Waals surface area contributed by atoms with Crippen LogP contribution in [0.4, 0.5) is 0 Å². The van der Waals surface area contributed by atoms with Crippen molar-refractivity contribution in [3.63, 3.8) is 0 Å². The Bertz CT molecular complexity index is 889. The Kier molecular flexibility index (Phi) is 11.4. The van der Waals surface area contributed by atoms with E-state index in [1.165, 1.54) is 11.8 Å². The number of benzene rings is 1. The lowest BCUT2D eigenvalue weighted by atomic mass is 9.96. The van der Waals surface area contributed by atoms with Gasteiger partial charge in [-0.15, -0.1) is 0 Å². The van der Waals surface area contributed by atoms with E-state index in [4.69, 9.17) is 11.1 Å². The monoisotopic (exact) mass is 485 g/mol. The fraction of sp³-hybridized carbons (Fsp3) is 0.577. The lowest BCUT2D eigenvalue weighted by Gasteiger charge is -2.34. The molecule has 1 saturated heterocycles. The summed E-state index contributed by atoms with van der Waals surface area (Å²) < 4.78 is 0. The van der Waals surface area contributed by atoms with Crippen molar-refractivity contribution in [3.8, 4) is 0 Å². The molecule has 0 spiro atoms. The Morgan fingerprint density at radius 3 is 2.37 bits per heavy atom. The van der Waals surface area contributed by atoms with Crippen LogP contribution in [0.3, 0.4) is 0 Å². The van der Waals surface area contributed by atoms with E-state index in [0.717, 1.165) is 12.0 Å². The predicted molar refractivity (Wildman–Crippen MR) is 135 cm³/mol. The third kappa shape index (κ3) is 9.50. The van der Waals surface area contributed by atoms with Crippen molar-refractivity contribution in [2.45, 2.75) is 77.3 Å². The number of rotatable bonds is 12. The molecule has 2 rings (SSSR count). The lowest BCUT2D eigenvalue weighted by molar-refractivity contribution is -0.143. The number of carbonyl (C=O) groups is 4. The topological polar surface area (TPSA) is 145 Å². The summed E-state index contributed by atoms with van der Waals surface area (Å²) in [6.07, 6.45) is 4.58. The van der Waals surface area contributed by atoms with E-state index in [0.29, 0.717) is 38.5 Å². The minimum atomic E-state index is -0.889. The number of Topliss-reactive ketones (excluding diaryl/α,β-unsaturated/α-hetero) is 1. The molecule has 3 unspecified atom stereocenters. The number of nitrogens with two attached hydrogens (primary N) is 1. The van der Waals surface area contributed by atoms with Crippen LogP contribution in [-0.4, -0.2) is 59.4 Å². The van der Waals surface area contributed by atoms with Crippen LogP contribution in [-0.2, 0) is 25.6 Å². The third-order valence-corrected chi connectivity index (χ3v) is 6.14. The normalized spacial score (nSPS) is 21.3. The van der Waals surface area contributed by atoms with Gasteiger partial charge in [-0.3, -0.25) is 24.6 Å². The van der Waals surface area contributed by atoms with Gasteiger partial charge in [-0.1, -0.05) is 56.5 Å². The minimum Gasteiger partial charge on any atom is -0.388 e. The number of hydrogen-bond donors (Lipinski definition) is 4. The van der Waals surface area contributed by atoms with Crippen molar-refractivity contribution in [3.05, 3.63) is 35.9 Å². The molecular weight excluding hydrogens is 446 g/mol. The van der Waals surface area contributed by atoms with Crippen molar-refractivity contribution < 1.29 is 19.2 Å². The van der Waals surface area contributed by atoms with Gasteiger partial charge in [0.15, 0.2) is 0 Å². The first-order valence-electron chi connectivity index (χ1n) is 12.5. The summed E-state index contributed by atoms with van der Waals surface area (Å²) in [6, 6.07) is 8.08. The van der Waals surface area contributed by atoms with Crippen molar-refractivity contribution in [2.75, 3.05) is 13.1 Å². The zero-order valence-electron chi connectivity index (χ0n) is 20.8. The number of ketones is 1. The van der Waals surface area contributed by atoms with Gasteiger partial charge in [0.25, 0.3) is 0 Å². The molecule has 1 aromatic carbocycles. The molecule has 0 aliphatic carbocycles. The second-order valence-electron chi connectivity index (χ2n) is 9.34. The fourth-order valence-corrected chi connectivity index (χ4v) is 4.32. The van der Waals surface area contributed by atoms with Crippen LogP contribution in [0.1, 0.15) is 64.4 Å². The van der Waals surface area contributed by atoms with Gasteiger partial charge in [-0.2, -0.15) is 0 Å². The van der Waals surface area contributed by atoms with Crippen molar-refractivity contribution in [2.24, 2.45) is 11.7 Å². The Morgan fingerprint density at radius 2 is 1.74 bits per heavy atom. The summed E-state index contributed by atoms with van der Waals surface area (Å²) >= 11 is 0. The number of unbranched alkanes of at least 4 members (excludes halogenated alkanes) is 2. The number of amides is 3. The summed E-state index contributed by atoms with van der Waals surface area (Å²) in [7, 11) is 0. The van der Waals surface area contributed by atoms with E-state index in [1.54, 1.807) is 0 Å². The molecule has 1 aliphatic heterocycles. The molecule has 1 aliphatic rings. The molecule has 192 valence electrons. The quantitative estimate of drug-likeness (QED) is 0.155. The van der Waals surface area contributed by atoms with Crippen molar-refractivity contribution in [1.82, 2.24) is 15.5 Å². The number of nitrogens with zero attached hydrogens (tertiary/aromatic N) is 1. The zero-order valence-corrected chi connectivity index (χ0v) is 20.8. The van der Waals surface area contributed by atoms with Gasteiger partial charge in [0.05, 0.1) is 12.4 Å². The minimum absolute atomic E-state index is 0.0981. The summed E-state index contributed by atoms with van der Waals surface area (Å²) in [4.78, 5) is 53.5. The first-order chi connectivity index (χ1) is 16.7. The largest absolute Gasteiger partial charge is 0.388 e. The number of hydrogen-bond acceptors (Lipinski definition) is 5. The molecule has 9 nitrogen and oxygen atoms in total. The Balaban J connectivity index is 2.35. The smallest absolute Gasteiger partial charge is 0.245 e. The molecule has 35 heavy (non-hydrogen) atoms. The molecule has 0 aromatic heterocycles. The van der Waals surface area contributed by atoms with Crippen molar-refractivity contribution in [1.29, 1.82) is 5.41 Å². The van der Waals surface area contributed by atoms with E-state index in [9.17, 15) is 19.2 Å². The molecule has 0 bridgehead atoms. The third-order valence-electron chi connectivity index (χ3n) is 6.14. The maximum Gasteiger partial charge on any atom is 0.245 e. The second-order valence-corrected chi connectivity index (χ2v) is 9.34. The van der Waals surface area contributed by atoms with Gasteiger partial charge in [-0.25, -0.2) is 0 Å². The van der Waals surface area contributed by atoms with Crippen LogP contribution in [0.2, 0.25) is 0 Å². The predicted octanol–water partition coefficient (Wildman–Crippen LogP) is 1.93. The standard InChI is InChI=1S/C26H39N5O4/c1-3-4-13-21-24(33)29-20(12-8-9-14-23(27)28)17-31(16-18(2)32)26(35)22(30-25(21)34)15-19-10-6-5-7-11-19/h5-7,10-11,20-22H,3-4,8-9,12-17H2,1-2H3,(H3,27,28)(H,29,33)(H,30,34). The van der Waals surface area contributed by atoms with Gasteiger partial charge in [0, 0.05) is 25.4 Å². The van der Waals surface area contributed by atoms with Crippen LogP contribution in [0.25, 0.3) is 0 Å². The Morgan fingerprint density at radius 1 is 1.06 bits per heavy atom. The maximum absolute atomic E-state index is 13.6. The summed E-state index contributed by atoms with van der Waals surface area (Å²) in [5, 5.41) is 13.2. The molecule has 3 amide bonds. The van der Waals surface area contributed by atoms with E-state index in [-0.39, 0.29) is 42.9 Å². The Labute approximate surface area is 207 Å². The number of carbonyl (C=O) groups excluding carboxylic acids is 4. The summed E-state index contributed by atoms with van der Waals surface area (Å²) in [6.45, 7) is 3.48. The van der Waals surface area contributed by atoms with E-state index >= 15 is 0 Å². The van der Waals surface area contributed by atoms with Crippen LogP contribution in [0.5, 0.6) is 0 Å². The van der Waals surface area contributed by atoms with Crippen LogP contribution in [0.15, 0.2) is 30.3 Å². The molecule has 9 heteroatoms. The highest BCUT2D eigenvalue weighted by Crippen LogP contribution is 2.16. The molecule has 0 radical (unpaired) electrons. The van der Waals surface area contributed by atoms with Crippen LogP contribution < -0.4 is 16.4 Å². The molecule has 0 saturated carbocycles. The van der Waals surface area contributed by atoms with Crippen LogP contribution in [0, 0.1) is 11.3 Å². The average molecular weight is 486 g/mol. The Hall–Kier alpha value is -3.23.